The maximum atomic E-state index is 11.9. The number of carbonyl (C=O) groups excluding carboxylic acids is 1. The molecule has 0 aliphatic heterocycles. The topological polar surface area (TPSA) is 55.6 Å². The Hall–Kier alpha value is -1.71. The summed E-state index contributed by atoms with van der Waals surface area (Å²) in [4.78, 5) is 14.2. The highest BCUT2D eigenvalue weighted by Crippen LogP contribution is 2.32. The van der Waals surface area contributed by atoms with Crippen molar-refractivity contribution in [2.45, 2.75) is 45.6 Å². The molecule has 1 saturated carbocycles. The Bertz CT molecular complexity index is 468. The molecule has 1 fully saturated rings. The van der Waals surface area contributed by atoms with Crippen LogP contribution in [0.5, 0.6) is 0 Å². The van der Waals surface area contributed by atoms with Crippen LogP contribution >= 0.6 is 0 Å². The second kappa shape index (κ2) is 6.64. The van der Waals surface area contributed by atoms with E-state index in [1.807, 2.05) is 13.0 Å². The highest BCUT2D eigenvalue weighted by molar-refractivity contribution is 5.92. The molecule has 1 aliphatic rings. The summed E-state index contributed by atoms with van der Waals surface area (Å²) in [5.41, 5.74) is 8.38. The summed E-state index contributed by atoms with van der Waals surface area (Å²) in [6.45, 7) is 5.24. The molecule has 0 spiro atoms. The lowest BCUT2D eigenvalue weighted by molar-refractivity contribution is 0.0526. The molecule has 4 heteroatoms. The fraction of sp³-hybridized carbons (Fsp3) is 0.562. The summed E-state index contributed by atoms with van der Waals surface area (Å²) >= 11 is 0. The summed E-state index contributed by atoms with van der Waals surface area (Å²) in [5, 5.41) is 0. The molecule has 1 aromatic rings. The average Bonchev–Trinajstić information content (AvgIpc) is 2.96. The standard InChI is InChI=1S/C16H24N2O2/c1-3-18(13-7-5-6-8-13)15-11-12(9-10-14(15)17)16(19)20-4-2/h9-11,13H,3-8,17H2,1-2H3. The zero-order valence-corrected chi connectivity index (χ0v) is 12.4. The average molecular weight is 276 g/mol. The van der Waals surface area contributed by atoms with E-state index < -0.39 is 0 Å². The SMILES string of the molecule is CCOC(=O)c1ccc(N)c(N(CC)C2CCCC2)c1. The molecule has 0 amide bonds. The molecule has 0 heterocycles. The molecular weight excluding hydrogens is 252 g/mol. The Balaban J connectivity index is 2.28. The third-order valence-electron chi connectivity index (χ3n) is 3.96. The van der Waals surface area contributed by atoms with Gasteiger partial charge in [-0.2, -0.15) is 0 Å². The first-order chi connectivity index (χ1) is 9.67. The van der Waals surface area contributed by atoms with Crippen molar-refractivity contribution >= 4 is 17.3 Å². The van der Waals surface area contributed by atoms with Gasteiger partial charge >= 0.3 is 5.97 Å². The number of rotatable bonds is 5. The second-order valence-electron chi connectivity index (χ2n) is 5.22. The van der Waals surface area contributed by atoms with Gasteiger partial charge in [0, 0.05) is 12.6 Å². The first-order valence-electron chi connectivity index (χ1n) is 7.50. The largest absolute Gasteiger partial charge is 0.462 e. The number of carbonyl (C=O) groups is 1. The number of nitrogens with two attached hydrogens (primary N) is 1. The Kier molecular flexibility index (Phi) is 4.88. The smallest absolute Gasteiger partial charge is 0.338 e. The van der Waals surface area contributed by atoms with Crippen LogP contribution in [0.1, 0.15) is 49.9 Å². The minimum absolute atomic E-state index is 0.281. The number of hydrogen-bond donors (Lipinski definition) is 1. The van der Waals surface area contributed by atoms with Gasteiger partial charge < -0.3 is 15.4 Å². The number of anilines is 2. The van der Waals surface area contributed by atoms with E-state index in [2.05, 4.69) is 11.8 Å². The van der Waals surface area contributed by atoms with Gasteiger partial charge in [0.25, 0.3) is 0 Å². The van der Waals surface area contributed by atoms with Gasteiger partial charge in [-0.25, -0.2) is 4.79 Å². The molecule has 2 rings (SSSR count). The maximum absolute atomic E-state index is 11.9. The monoisotopic (exact) mass is 276 g/mol. The molecule has 0 bridgehead atoms. The second-order valence-corrected chi connectivity index (χ2v) is 5.22. The van der Waals surface area contributed by atoms with Crippen LogP contribution in [0.3, 0.4) is 0 Å². The Morgan fingerprint density at radius 1 is 1.35 bits per heavy atom. The molecule has 1 aromatic carbocycles. The van der Waals surface area contributed by atoms with Gasteiger partial charge in [0.05, 0.1) is 23.5 Å². The number of ether oxygens (including phenoxy) is 1. The lowest BCUT2D eigenvalue weighted by Crippen LogP contribution is -2.33. The fourth-order valence-electron chi connectivity index (χ4n) is 2.97. The van der Waals surface area contributed by atoms with Gasteiger partial charge in [0.2, 0.25) is 0 Å². The minimum Gasteiger partial charge on any atom is -0.462 e. The fourth-order valence-corrected chi connectivity index (χ4v) is 2.97. The molecule has 0 unspecified atom stereocenters. The highest BCUT2D eigenvalue weighted by atomic mass is 16.5. The summed E-state index contributed by atoms with van der Waals surface area (Å²) in [6.07, 6.45) is 4.96. The van der Waals surface area contributed by atoms with Gasteiger partial charge in [-0.15, -0.1) is 0 Å². The quantitative estimate of drug-likeness (QED) is 0.662. The van der Waals surface area contributed by atoms with E-state index in [9.17, 15) is 4.79 Å². The third kappa shape index (κ3) is 3.06. The van der Waals surface area contributed by atoms with E-state index in [0.717, 1.165) is 17.9 Å². The van der Waals surface area contributed by atoms with Gasteiger partial charge in [-0.05, 0) is 44.9 Å². The van der Waals surface area contributed by atoms with Crippen LogP contribution in [-0.2, 0) is 4.74 Å². The Morgan fingerprint density at radius 2 is 2.05 bits per heavy atom. The molecule has 0 radical (unpaired) electrons. The van der Waals surface area contributed by atoms with Crippen molar-refractivity contribution in [3.63, 3.8) is 0 Å². The van der Waals surface area contributed by atoms with Crippen molar-refractivity contribution in [3.8, 4) is 0 Å². The van der Waals surface area contributed by atoms with Crippen molar-refractivity contribution in [1.82, 2.24) is 0 Å². The highest BCUT2D eigenvalue weighted by Gasteiger charge is 2.23. The summed E-state index contributed by atoms with van der Waals surface area (Å²) in [6, 6.07) is 5.95. The van der Waals surface area contributed by atoms with E-state index in [4.69, 9.17) is 10.5 Å². The number of benzene rings is 1. The molecule has 20 heavy (non-hydrogen) atoms. The number of nitrogens with zero attached hydrogens (tertiary/aromatic N) is 1. The van der Waals surface area contributed by atoms with E-state index in [0.29, 0.717) is 18.2 Å². The molecule has 4 nitrogen and oxygen atoms in total. The predicted molar refractivity (Wildman–Crippen MR) is 82.1 cm³/mol. The van der Waals surface area contributed by atoms with Crippen molar-refractivity contribution < 1.29 is 9.53 Å². The number of esters is 1. The van der Waals surface area contributed by atoms with Gasteiger partial charge in [0.15, 0.2) is 0 Å². The molecule has 1 aliphatic carbocycles. The van der Waals surface area contributed by atoms with Crippen LogP contribution < -0.4 is 10.6 Å². The maximum Gasteiger partial charge on any atom is 0.338 e. The molecule has 0 atom stereocenters. The van der Waals surface area contributed by atoms with Crippen LogP contribution in [0.4, 0.5) is 11.4 Å². The van der Waals surface area contributed by atoms with Gasteiger partial charge in [-0.1, -0.05) is 12.8 Å². The first-order valence-corrected chi connectivity index (χ1v) is 7.50. The lowest BCUT2D eigenvalue weighted by atomic mass is 10.1. The summed E-state index contributed by atoms with van der Waals surface area (Å²) in [5.74, 6) is -0.281. The van der Waals surface area contributed by atoms with Crippen LogP contribution in [0.25, 0.3) is 0 Å². The Labute approximate surface area is 120 Å². The number of nitrogen functional groups attached to an aromatic ring is 1. The van der Waals surface area contributed by atoms with Gasteiger partial charge in [0.1, 0.15) is 0 Å². The van der Waals surface area contributed by atoms with Gasteiger partial charge in [-0.3, -0.25) is 0 Å². The first kappa shape index (κ1) is 14.7. The summed E-state index contributed by atoms with van der Waals surface area (Å²) in [7, 11) is 0. The predicted octanol–water partition coefficient (Wildman–Crippen LogP) is 3.21. The van der Waals surface area contributed by atoms with Crippen LogP contribution in [-0.4, -0.2) is 25.2 Å². The van der Waals surface area contributed by atoms with Crippen LogP contribution in [0.2, 0.25) is 0 Å². The van der Waals surface area contributed by atoms with E-state index >= 15 is 0 Å². The summed E-state index contributed by atoms with van der Waals surface area (Å²) < 4.78 is 5.06. The molecule has 2 N–H and O–H groups in total. The van der Waals surface area contributed by atoms with Crippen molar-refractivity contribution in [3.05, 3.63) is 23.8 Å². The number of hydrogen-bond acceptors (Lipinski definition) is 4. The third-order valence-corrected chi connectivity index (χ3v) is 3.96. The van der Waals surface area contributed by atoms with Crippen molar-refractivity contribution in [2.75, 3.05) is 23.8 Å². The van der Waals surface area contributed by atoms with E-state index in [1.54, 1.807) is 12.1 Å². The van der Waals surface area contributed by atoms with Crippen molar-refractivity contribution in [2.24, 2.45) is 0 Å². The molecule has 0 saturated heterocycles. The zero-order valence-electron chi connectivity index (χ0n) is 12.4. The van der Waals surface area contributed by atoms with E-state index in [1.165, 1.54) is 25.7 Å². The molecular formula is C16H24N2O2. The lowest BCUT2D eigenvalue weighted by Gasteiger charge is -2.31. The molecule has 110 valence electrons. The van der Waals surface area contributed by atoms with E-state index in [-0.39, 0.29) is 5.97 Å². The zero-order chi connectivity index (χ0) is 14.5. The Morgan fingerprint density at radius 3 is 2.65 bits per heavy atom. The van der Waals surface area contributed by atoms with Crippen LogP contribution in [0, 0.1) is 0 Å². The normalized spacial score (nSPS) is 15.3. The minimum atomic E-state index is -0.281. The van der Waals surface area contributed by atoms with Crippen LogP contribution in [0.15, 0.2) is 18.2 Å². The molecule has 0 aromatic heterocycles. The van der Waals surface area contributed by atoms with Crippen molar-refractivity contribution in [1.29, 1.82) is 0 Å².